The first-order valence-corrected chi connectivity index (χ1v) is 6.99. The van der Waals surface area contributed by atoms with Crippen molar-refractivity contribution >= 4 is 17.0 Å². The van der Waals surface area contributed by atoms with Gasteiger partial charge in [-0.2, -0.15) is 0 Å². The summed E-state index contributed by atoms with van der Waals surface area (Å²) in [6.45, 7) is 7.34. The molecule has 1 aliphatic rings. The molecule has 3 rings (SSSR count). The second kappa shape index (κ2) is 5.20. The van der Waals surface area contributed by atoms with Crippen molar-refractivity contribution in [3.05, 3.63) is 28.7 Å². The molecule has 0 N–H and O–H groups in total. The van der Waals surface area contributed by atoms with Gasteiger partial charge in [0.15, 0.2) is 5.65 Å². The van der Waals surface area contributed by atoms with E-state index >= 15 is 0 Å². The minimum atomic E-state index is -0.127. The highest BCUT2D eigenvalue weighted by Crippen LogP contribution is 2.16. The normalized spacial score (nSPS) is 16.8. The fourth-order valence-electron chi connectivity index (χ4n) is 2.56. The molecule has 1 saturated heterocycles. The molecule has 0 aromatic carbocycles. The standard InChI is InChI=1S/C14H19N5O/c1-3-18-6-8-19(9-7-18)12-5-4-11-14(16-12)17(2)13(20)10-15-11/h4-5,10H,3,6-9H2,1-2H3. The summed E-state index contributed by atoms with van der Waals surface area (Å²) in [7, 11) is 1.73. The van der Waals surface area contributed by atoms with E-state index in [0.717, 1.165) is 44.1 Å². The molecule has 2 aromatic heterocycles. The molecular formula is C14H19N5O. The summed E-state index contributed by atoms with van der Waals surface area (Å²) in [5.74, 6) is 0.927. The molecule has 1 aliphatic heterocycles. The molecule has 3 heterocycles. The smallest absolute Gasteiger partial charge is 0.270 e. The monoisotopic (exact) mass is 273 g/mol. The van der Waals surface area contributed by atoms with E-state index in [1.165, 1.54) is 6.20 Å². The summed E-state index contributed by atoms with van der Waals surface area (Å²) < 4.78 is 1.55. The molecule has 0 bridgehead atoms. The Labute approximate surface area is 117 Å². The van der Waals surface area contributed by atoms with Crippen LogP contribution in [-0.2, 0) is 7.05 Å². The number of pyridine rings is 1. The van der Waals surface area contributed by atoms with Crippen LogP contribution in [-0.4, -0.2) is 52.2 Å². The van der Waals surface area contributed by atoms with Crippen molar-refractivity contribution in [2.45, 2.75) is 6.92 Å². The third kappa shape index (κ3) is 2.27. The second-order valence-electron chi connectivity index (χ2n) is 5.09. The maximum atomic E-state index is 11.6. The Morgan fingerprint density at radius 2 is 1.95 bits per heavy atom. The molecule has 106 valence electrons. The van der Waals surface area contributed by atoms with Crippen molar-refractivity contribution in [1.29, 1.82) is 0 Å². The van der Waals surface area contributed by atoms with Crippen LogP contribution in [0.1, 0.15) is 6.92 Å². The van der Waals surface area contributed by atoms with Crippen molar-refractivity contribution in [1.82, 2.24) is 19.4 Å². The third-order valence-electron chi connectivity index (χ3n) is 3.95. The van der Waals surface area contributed by atoms with Gasteiger partial charge in [-0.25, -0.2) is 9.97 Å². The molecule has 0 amide bonds. The van der Waals surface area contributed by atoms with Crippen LogP contribution in [0.4, 0.5) is 5.82 Å². The molecule has 6 nitrogen and oxygen atoms in total. The SMILES string of the molecule is CCN1CCN(c2ccc3ncc(=O)n(C)c3n2)CC1. The summed E-state index contributed by atoms with van der Waals surface area (Å²) in [5, 5.41) is 0. The van der Waals surface area contributed by atoms with Gasteiger partial charge in [-0.3, -0.25) is 9.36 Å². The van der Waals surface area contributed by atoms with E-state index < -0.39 is 0 Å². The van der Waals surface area contributed by atoms with Crippen molar-refractivity contribution in [3.63, 3.8) is 0 Å². The van der Waals surface area contributed by atoms with Crippen LogP contribution >= 0.6 is 0 Å². The van der Waals surface area contributed by atoms with Crippen LogP contribution in [0.25, 0.3) is 11.2 Å². The Kier molecular flexibility index (Phi) is 3.40. The predicted octanol–water partition coefficient (Wildman–Crippen LogP) is 0.470. The first-order chi connectivity index (χ1) is 9.69. The van der Waals surface area contributed by atoms with Gasteiger partial charge in [-0.15, -0.1) is 0 Å². The molecule has 0 unspecified atom stereocenters. The fraction of sp³-hybridized carbons (Fsp3) is 0.500. The first kappa shape index (κ1) is 13.1. The highest BCUT2D eigenvalue weighted by Gasteiger charge is 2.17. The lowest BCUT2D eigenvalue weighted by Gasteiger charge is -2.34. The number of hydrogen-bond acceptors (Lipinski definition) is 5. The van der Waals surface area contributed by atoms with Crippen LogP contribution in [0, 0.1) is 0 Å². The van der Waals surface area contributed by atoms with Gasteiger partial charge in [-0.05, 0) is 18.7 Å². The van der Waals surface area contributed by atoms with E-state index in [9.17, 15) is 4.79 Å². The summed E-state index contributed by atoms with van der Waals surface area (Å²) in [6.07, 6.45) is 1.34. The van der Waals surface area contributed by atoms with Crippen LogP contribution in [0.2, 0.25) is 0 Å². The fourth-order valence-corrected chi connectivity index (χ4v) is 2.56. The molecular weight excluding hydrogens is 254 g/mol. The summed E-state index contributed by atoms with van der Waals surface area (Å²) in [4.78, 5) is 25.1. The molecule has 0 aliphatic carbocycles. The lowest BCUT2D eigenvalue weighted by atomic mass is 10.3. The molecule has 0 radical (unpaired) electrons. The molecule has 2 aromatic rings. The van der Waals surface area contributed by atoms with Crippen molar-refractivity contribution < 1.29 is 0 Å². The maximum Gasteiger partial charge on any atom is 0.270 e. The van der Waals surface area contributed by atoms with Crippen LogP contribution in [0.15, 0.2) is 23.1 Å². The van der Waals surface area contributed by atoms with E-state index in [4.69, 9.17) is 0 Å². The molecule has 0 spiro atoms. The number of aryl methyl sites for hydroxylation is 1. The van der Waals surface area contributed by atoms with Crippen LogP contribution < -0.4 is 10.5 Å². The Morgan fingerprint density at radius 3 is 2.65 bits per heavy atom. The lowest BCUT2D eigenvalue weighted by Crippen LogP contribution is -2.46. The van der Waals surface area contributed by atoms with Gasteiger partial charge in [0, 0.05) is 33.2 Å². The number of hydrogen-bond donors (Lipinski definition) is 0. The average Bonchev–Trinajstić information content (AvgIpc) is 2.51. The van der Waals surface area contributed by atoms with E-state index in [1.807, 2.05) is 12.1 Å². The largest absolute Gasteiger partial charge is 0.354 e. The highest BCUT2D eigenvalue weighted by atomic mass is 16.1. The number of likely N-dealkylation sites (N-methyl/N-ethyl adjacent to an activating group) is 1. The number of nitrogens with zero attached hydrogens (tertiary/aromatic N) is 5. The van der Waals surface area contributed by atoms with E-state index in [1.54, 1.807) is 11.6 Å². The van der Waals surface area contributed by atoms with Gasteiger partial charge < -0.3 is 9.80 Å². The Hall–Kier alpha value is -1.95. The van der Waals surface area contributed by atoms with Gasteiger partial charge in [0.05, 0.1) is 6.20 Å². The number of anilines is 1. The minimum Gasteiger partial charge on any atom is -0.354 e. The van der Waals surface area contributed by atoms with Gasteiger partial charge in [0.2, 0.25) is 0 Å². The number of aromatic nitrogens is 3. The van der Waals surface area contributed by atoms with Gasteiger partial charge >= 0.3 is 0 Å². The summed E-state index contributed by atoms with van der Waals surface area (Å²) in [6, 6.07) is 3.92. The number of fused-ring (bicyclic) bond motifs is 1. The van der Waals surface area contributed by atoms with Gasteiger partial charge in [0.25, 0.3) is 5.56 Å². The quantitative estimate of drug-likeness (QED) is 0.796. The Bertz CT molecular complexity index is 673. The van der Waals surface area contributed by atoms with Crippen molar-refractivity contribution in [2.75, 3.05) is 37.6 Å². The molecule has 6 heteroatoms. The van der Waals surface area contributed by atoms with E-state index in [2.05, 4.69) is 26.7 Å². The van der Waals surface area contributed by atoms with Gasteiger partial charge in [-0.1, -0.05) is 6.92 Å². The van der Waals surface area contributed by atoms with Crippen molar-refractivity contribution in [3.8, 4) is 0 Å². The third-order valence-corrected chi connectivity index (χ3v) is 3.95. The average molecular weight is 273 g/mol. The Morgan fingerprint density at radius 1 is 1.20 bits per heavy atom. The number of rotatable bonds is 2. The molecule has 20 heavy (non-hydrogen) atoms. The lowest BCUT2D eigenvalue weighted by molar-refractivity contribution is 0.270. The zero-order valence-corrected chi connectivity index (χ0v) is 11.9. The van der Waals surface area contributed by atoms with Crippen LogP contribution in [0.5, 0.6) is 0 Å². The van der Waals surface area contributed by atoms with Gasteiger partial charge in [0.1, 0.15) is 11.3 Å². The number of piperazine rings is 1. The van der Waals surface area contributed by atoms with E-state index in [-0.39, 0.29) is 5.56 Å². The topological polar surface area (TPSA) is 54.3 Å². The predicted molar refractivity (Wildman–Crippen MR) is 79.1 cm³/mol. The molecule has 1 fully saturated rings. The minimum absolute atomic E-state index is 0.127. The zero-order chi connectivity index (χ0) is 14.1. The second-order valence-corrected chi connectivity index (χ2v) is 5.09. The van der Waals surface area contributed by atoms with Crippen LogP contribution in [0.3, 0.4) is 0 Å². The molecule has 0 atom stereocenters. The first-order valence-electron chi connectivity index (χ1n) is 6.99. The summed E-state index contributed by atoms with van der Waals surface area (Å²) >= 11 is 0. The highest BCUT2D eigenvalue weighted by molar-refractivity contribution is 5.72. The molecule has 0 saturated carbocycles. The Balaban J connectivity index is 1.93. The maximum absolute atomic E-state index is 11.6. The summed E-state index contributed by atoms with van der Waals surface area (Å²) in [5.41, 5.74) is 1.27. The van der Waals surface area contributed by atoms with Crippen molar-refractivity contribution in [2.24, 2.45) is 7.05 Å². The zero-order valence-electron chi connectivity index (χ0n) is 11.9. The van der Waals surface area contributed by atoms with E-state index in [0.29, 0.717) is 5.65 Å².